The fourth-order valence-corrected chi connectivity index (χ4v) is 0.666. The van der Waals surface area contributed by atoms with E-state index in [1.165, 1.54) is 0 Å². The Morgan fingerprint density at radius 1 is 1.10 bits per heavy atom. The lowest BCUT2D eigenvalue weighted by atomic mass is 10.3. The zero-order chi connectivity index (χ0) is 6.53. The van der Waals surface area contributed by atoms with Crippen LogP contribution in [0.1, 0.15) is 0 Å². The molecular formula is C7H11ClN2. The van der Waals surface area contributed by atoms with Crippen LogP contribution >= 0.6 is 12.4 Å². The molecule has 0 heterocycles. The average Bonchev–Trinajstić information content (AvgIpc) is 1.91. The summed E-state index contributed by atoms with van der Waals surface area (Å²) in [6, 6.07) is 9.95. The van der Waals surface area contributed by atoms with Crippen LogP contribution in [0.15, 0.2) is 30.3 Å². The highest BCUT2D eigenvalue weighted by Gasteiger charge is 1.81. The van der Waals surface area contributed by atoms with E-state index >= 15 is 0 Å². The van der Waals surface area contributed by atoms with Gasteiger partial charge in [0.05, 0.1) is 0 Å². The van der Waals surface area contributed by atoms with E-state index in [1.807, 2.05) is 37.4 Å². The topological polar surface area (TPSA) is 24.1 Å². The summed E-state index contributed by atoms with van der Waals surface area (Å²) < 4.78 is 0. The van der Waals surface area contributed by atoms with Gasteiger partial charge in [0.25, 0.3) is 0 Å². The second-order valence-corrected chi connectivity index (χ2v) is 1.74. The van der Waals surface area contributed by atoms with Crippen LogP contribution in [0.25, 0.3) is 0 Å². The van der Waals surface area contributed by atoms with E-state index in [0.717, 1.165) is 5.69 Å². The van der Waals surface area contributed by atoms with Crippen molar-refractivity contribution >= 4 is 18.1 Å². The van der Waals surface area contributed by atoms with Gasteiger partial charge in [-0.25, -0.2) is 5.43 Å². The molecule has 0 fully saturated rings. The largest absolute Gasteiger partial charge is 0.322 e. The van der Waals surface area contributed by atoms with Crippen LogP contribution in [-0.4, -0.2) is 7.05 Å². The summed E-state index contributed by atoms with van der Waals surface area (Å²) in [4.78, 5) is 0. The third-order valence-electron chi connectivity index (χ3n) is 1.04. The molecule has 0 atom stereocenters. The van der Waals surface area contributed by atoms with Crippen LogP contribution in [0.3, 0.4) is 0 Å². The van der Waals surface area contributed by atoms with Crippen molar-refractivity contribution in [1.29, 1.82) is 0 Å². The third kappa shape index (κ3) is 2.71. The van der Waals surface area contributed by atoms with Gasteiger partial charge in [0.15, 0.2) is 0 Å². The normalized spacial score (nSPS) is 8.10. The number of hydrogen-bond acceptors (Lipinski definition) is 2. The molecule has 56 valence electrons. The fraction of sp³-hybridized carbons (Fsp3) is 0.143. The number of hydrazine groups is 1. The molecule has 0 aliphatic carbocycles. The summed E-state index contributed by atoms with van der Waals surface area (Å²) in [5, 5.41) is 0. The van der Waals surface area contributed by atoms with Crippen molar-refractivity contribution in [3.63, 3.8) is 0 Å². The second kappa shape index (κ2) is 5.09. The first-order valence-electron chi connectivity index (χ1n) is 2.91. The first kappa shape index (κ1) is 9.27. The number of halogens is 1. The van der Waals surface area contributed by atoms with E-state index in [-0.39, 0.29) is 12.4 Å². The molecule has 0 aliphatic rings. The van der Waals surface area contributed by atoms with E-state index in [2.05, 4.69) is 10.9 Å². The Morgan fingerprint density at radius 3 is 2.20 bits per heavy atom. The lowest BCUT2D eigenvalue weighted by Crippen LogP contribution is -2.14. The van der Waals surface area contributed by atoms with Crippen molar-refractivity contribution in [1.82, 2.24) is 5.43 Å². The molecule has 1 aromatic carbocycles. The molecule has 0 saturated heterocycles. The number of nitrogens with one attached hydrogen (secondary N) is 2. The number of hydrogen-bond donors (Lipinski definition) is 2. The van der Waals surface area contributed by atoms with Crippen LogP contribution in [0.2, 0.25) is 0 Å². The van der Waals surface area contributed by atoms with Crippen molar-refractivity contribution in [2.45, 2.75) is 0 Å². The smallest absolute Gasteiger partial charge is 0.0487 e. The zero-order valence-corrected chi connectivity index (χ0v) is 6.61. The van der Waals surface area contributed by atoms with Gasteiger partial charge in [0.1, 0.15) is 0 Å². The molecule has 3 heteroatoms. The van der Waals surface area contributed by atoms with E-state index < -0.39 is 0 Å². The summed E-state index contributed by atoms with van der Waals surface area (Å²) in [6.07, 6.45) is 0. The highest BCUT2D eigenvalue weighted by molar-refractivity contribution is 5.85. The summed E-state index contributed by atoms with van der Waals surface area (Å²) in [5.74, 6) is 0. The predicted molar refractivity (Wildman–Crippen MR) is 46.4 cm³/mol. The summed E-state index contributed by atoms with van der Waals surface area (Å²) >= 11 is 0. The Morgan fingerprint density at radius 2 is 1.70 bits per heavy atom. The molecule has 1 aromatic rings. The molecule has 0 amide bonds. The molecule has 2 nitrogen and oxygen atoms in total. The highest BCUT2D eigenvalue weighted by atomic mass is 35.5. The van der Waals surface area contributed by atoms with Gasteiger partial charge in [-0.05, 0) is 12.1 Å². The summed E-state index contributed by atoms with van der Waals surface area (Å²) in [5.41, 5.74) is 6.87. The highest BCUT2D eigenvalue weighted by Crippen LogP contribution is 2.01. The number of anilines is 1. The standard InChI is InChI=1S/C7H10N2.ClH/c1-8-9-7-5-3-2-4-6-7;/h2-6,8-9H,1H3;1H. The Balaban J connectivity index is 0.000000810. The van der Waals surface area contributed by atoms with Gasteiger partial charge in [-0.15, -0.1) is 12.4 Å². The zero-order valence-electron chi connectivity index (χ0n) is 5.79. The monoisotopic (exact) mass is 158 g/mol. The SMILES string of the molecule is CNNc1ccccc1.Cl. The fourth-order valence-electron chi connectivity index (χ4n) is 0.666. The minimum Gasteiger partial charge on any atom is -0.322 e. The second-order valence-electron chi connectivity index (χ2n) is 1.74. The van der Waals surface area contributed by atoms with Crippen molar-refractivity contribution in [2.24, 2.45) is 0 Å². The van der Waals surface area contributed by atoms with Crippen molar-refractivity contribution in [2.75, 3.05) is 12.5 Å². The molecule has 0 aliphatic heterocycles. The van der Waals surface area contributed by atoms with Crippen LogP contribution < -0.4 is 10.9 Å². The van der Waals surface area contributed by atoms with Gasteiger partial charge in [-0.2, -0.15) is 0 Å². The summed E-state index contributed by atoms with van der Waals surface area (Å²) in [6.45, 7) is 0. The third-order valence-corrected chi connectivity index (χ3v) is 1.04. The van der Waals surface area contributed by atoms with Crippen molar-refractivity contribution in [3.8, 4) is 0 Å². The van der Waals surface area contributed by atoms with Crippen LogP contribution in [0.5, 0.6) is 0 Å². The van der Waals surface area contributed by atoms with Crippen molar-refractivity contribution < 1.29 is 0 Å². The van der Waals surface area contributed by atoms with Crippen LogP contribution in [0, 0.1) is 0 Å². The van der Waals surface area contributed by atoms with Gasteiger partial charge in [-0.3, -0.25) is 0 Å². The maximum absolute atomic E-state index is 2.96. The molecule has 0 spiro atoms. The maximum atomic E-state index is 2.96. The van der Waals surface area contributed by atoms with Gasteiger partial charge in [-0.1, -0.05) is 18.2 Å². The molecule has 0 saturated carbocycles. The van der Waals surface area contributed by atoms with Gasteiger partial charge < -0.3 is 5.43 Å². The lowest BCUT2D eigenvalue weighted by Gasteiger charge is -2.00. The molecule has 0 radical (unpaired) electrons. The number of para-hydroxylation sites is 1. The van der Waals surface area contributed by atoms with E-state index in [4.69, 9.17) is 0 Å². The first-order valence-corrected chi connectivity index (χ1v) is 2.91. The Bertz CT molecular complexity index is 165. The lowest BCUT2D eigenvalue weighted by molar-refractivity contribution is 0.984. The number of rotatable bonds is 2. The van der Waals surface area contributed by atoms with Gasteiger partial charge in [0, 0.05) is 12.7 Å². The summed E-state index contributed by atoms with van der Waals surface area (Å²) in [7, 11) is 1.84. The minimum atomic E-state index is 0. The Kier molecular flexibility index (Phi) is 4.72. The maximum Gasteiger partial charge on any atom is 0.0487 e. The van der Waals surface area contributed by atoms with E-state index in [1.54, 1.807) is 0 Å². The van der Waals surface area contributed by atoms with Gasteiger partial charge >= 0.3 is 0 Å². The molecule has 1 rings (SSSR count). The first-order chi connectivity index (χ1) is 4.43. The predicted octanol–water partition coefficient (Wildman–Crippen LogP) is 1.65. The molecular weight excluding hydrogens is 148 g/mol. The van der Waals surface area contributed by atoms with Crippen LogP contribution in [0.4, 0.5) is 5.69 Å². The average molecular weight is 159 g/mol. The molecule has 10 heavy (non-hydrogen) atoms. The molecule has 2 N–H and O–H groups in total. The molecule has 0 bridgehead atoms. The Labute approximate surface area is 67.0 Å². The quantitative estimate of drug-likeness (QED) is 0.640. The van der Waals surface area contributed by atoms with E-state index in [9.17, 15) is 0 Å². The molecule has 0 unspecified atom stereocenters. The number of benzene rings is 1. The molecule has 0 aromatic heterocycles. The van der Waals surface area contributed by atoms with Crippen molar-refractivity contribution in [3.05, 3.63) is 30.3 Å². The Hall–Kier alpha value is -0.730. The minimum absolute atomic E-state index is 0. The van der Waals surface area contributed by atoms with Crippen LogP contribution in [-0.2, 0) is 0 Å². The van der Waals surface area contributed by atoms with E-state index in [0.29, 0.717) is 0 Å². The van der Waals surface area contributed by atoms with Gasteiger partial charge in [0.2, 0.25) is 0 Å².